The maximum atomic E-state index is 12.8. The summed E-state index contributed by atoms with van der Waals surface area (Å²) in [6.07, 6.45) is 2.85. The molecule has 0 fully saturated rings. The van der Waals surface area contributed by atoms with E-state index in [1.165, 1.54) is 17.3 Å². The number of benzene rings is 2. The summed E-state index contributed by atoms with van der Waals surface area (Å²) in [4.78, 5) is 29.2. The van der Waals surface area contributed by atoms with Crippen LogP contribution >= 0.6 is 0 Å². The minimum Gasteiger partial charge on any atom is -0.323 e. The SMILES string of the molecule is Cc1cccc(C)c1NC(=O)c1ccccc1NC(=O)[C@@H](C)n1cncn1. The van der Waals surface area contributed by atoms with Gasteiger partial charge in [0.15, 0.2) is 0 Å². The molecule has 0 aliphatic heterocycles. The van der Waals surface area contributed by atoms with Crippen LogP contribution in [-0.2, 0) is 4.79 Å². The Morgan fingerprint density at radius 1 is 1.00 bits per heavy atom. The Labute approximate surface area is 157 Å². The Kier molecular flexibility index (Phi) is 5.30. The Hall–Kier alpha value is -3.48. The third-order valence-corrected chi connectivity index (χ3v) is 4.36. The lowest BCUT2D eigenvalue weighted by atomic mass is 10.1. The fourth-order valence-corrected chi connectivity index (χ4v) is 2.76. The predicted molar refractivity (Wildman–Crippen MR) is 104 cm³/mol. The number of rotatable bonds is 5. The first-order valence-corrected chi connectivity index (χ1v) is 8.59. The molecule has 0 bridgehead atoms. The zero-order valence-corrected chi connectivity index (χ0v) is 15.4. The number of para-hydroxylation sites is 2. The van der Waals surface area contributed by atoms with Crippen molar-refractivity contribution in [3.8, 4) is 0 Å². The molecule has 3 aromatic rings. The maximum absolute atomic E-state index is 12.8. The average molecular weight is 363 g/mol. The lowest BCUT2D eigenvalue weighted by molar-refractivity contribution is -0.119. The molecule has 1 heterocycles. The van der Waals surface area contributed by atoms with Gasteiger partial charge in [0.1, 0.15) is 18.7 Å². The monoisotopic (exact) mass is 363 g/mol. The lowest BCUT2D eigenvalue weighted by Gasteiger charge is -2.16. The smallest absolute Gasteiger partial charge is 0.257 e. The van der Waals surface area contributed by atoms with E-state index in [9.17, 15) is 9.59 Å². The van der Waals surface area contributed by atoms with Gasteiger partial charge in [0, 0.05) is 5.69 Å². The fourth-order valence-electron chi connectivity index (χ4n) is 2.76. The molecule has 2 aromatic carbocycles. The van der Waals surface area contributed by atoms with Gasteiger partial charge in [0.2, 0.25) is 5.91 Å². The van der Waals surface area contributed by atoms with E-state index in [1.807, 2.05) is 32.0 Å². The van der Waals surface area contributed by atoms with Gasteiger partial charge < -0.3 is 10.6 Å². The zero-order chi connectivity index (χ0) is 19.4. The van der Waals surface area contributed by atoms with Gasteiger partial charge in [-0.25, -0.2) is 9.67 Å². The van der Waals surface area contributed by atoms with Gasteiger partial charge in [-0.15, -0.1) is 0 Å². The Morgan fingerprint density at radius 3 is 2.37 bits per heavy atom. The zero-order valence-electron chi connectivity index (χ0n) is 15.4. The molecule has 0 spiro atoms. The molecule has 0 aliphatic rings. The topological polar surface area (TPSA) is 88.9 Å². The summed E-state index contributed by atoms with van der Waals surface area (Å²) in [5.41, 5.74) is 3.56. The summed E-state index contributed by atoms with van der Waals surface area (Å²) in [7, 11) is 0. The molecule has 2 amide bonds. The van der Waals surface area contributed by atoms with Crippen molar-refractivity contribution in [2.75, 3.05) is 10.6 Å². The second-order valence-corrected chi connectivity index (χ2v) is 6.31. The number of nitrogens with one attached hydrogen (secondary N) is 2. The van der Waals surface area contributed by atoms with Gasteiger partial charge in [0.05, 0.1) is 11.3 Å². The summed E-state index contributed by atoms with van der Waals surface area (Å²) in [5.74, 6) is -0.565. The van der Waals surface area contributed by atoms with E-state index >= 15 is 0 Å². The first-order chi connectivity index (χ1) is 13.0. The van der Waals surface area contributed by atoms with E-state index in [0.717, 1.165) is 16.8 Å². The van der Waals surface area contributed by atoms with E-state index in [0.29, 0.717) is 11.3 Å². The first kappa shape index (κ1) is 18.3. The molecule has 0 radical (unpaired) electrons. The average Bonchev–Trinajstić information content (AvgIpc) is 3.19. The van der Waals surface area contributed by atoms with Gasteiger partial charge in [-0.1, -0.05) is 30.3 Å². The van der Waals surface area contributed by atoms with Crippen LogP contribution < -0.4 is 10.6 Å². The molecule has 27 heavy (non-hydrogen) atoms. The highest BCUT2D eigenvalue weighted by Crippen LogP contribution is 2.23. The minimum absolute atomic E-state index is 0.281. The van der Waals surface area contributed by atoms with Gasteiger partial charge in [-0.3, -0.25) is 9.59 Å². The van der Waals surface area contributed by atoms with Crippen molar-refractivity contribution in [3.63, 3.8) is 0 Å². The van der Waals surface area contributed by atoms with Crippen molar-refractivity contribution in [1.82, 2.24) is 14.8 Å². The van der Waals surface area contributed by atoms with Gasteiger partial charge >= 0.3 is 0 Å². The molecule has 7 nitrogen and oxygen atoms in total. The largest absolute Gasteiger partial charge is 0.323 e. The van der Waals surface area contributed by atoms with Crippen LogP contribution in [0.1, 0.15) is 34.5 Å². The molecule has 0 saturated carbocycles. The number of anilines is 2. The highest BCUT2D eigenvalue weighted by Gasteiger charge is 2.19. The van der Waals surface area contributed by atoms with Crippen molar-refractivity contribution < 1.29 is 9.59 Å². The minimum atomic E-state index is -0.553. The number of hydrogen-bond acceptors (Lipinski definition) is 4. The van der Waals surface area contributed by atoms with Gasteiger partial charge in [0.25, 0.3) is 5.91 Å². The number of carbonyl (C=O) groups is 2. The van der Waals surface area contributed by atoms with Crippen molar-refractivity contribution >= 4 is 23.2 Å². The normalized spacial score (nSPS) is 11.7. The molecule has 0 unspecified atom stereocenters. The van der Waals surface area contributed by atoms with Crippen molar-refractivity contribution in [1.29, 1.82) is 0 Å². The number of aryl methyl sites for hydroxylation is 2. The van der Waals surface area contributed by atoms with Crippen LogP contribution in [0.25, 0.3) is 0 Å². The molecule has 3 rings (SSSR count). The van der Waals surface area contributed by atoms with E-state index < -0.39 is 6.04 Å². The van der Waals surface area contributed by atoms with Crippen molar-refractivity contribution in [3.05, 3.63) is 71.8 Å². The molecular weight excluding hydrogens is 342 g/mol. The van der Waals surface area contributed by atoms with Crippen LogP contribution in [0.5, 0.6) is 0 Å². The summed E-state index contributed by atoms with van der Waals surface area (Å²) < 4.78 is 1.45. The number of amides is 2. The van der Waals surface area contributed by atoms with E-state index in [2.05, 4.69) is 20.7 Å². The number of carbonyl (C=O) groups excluding carboxylic acids is 2. The fraction of sp³-hybridized carbons (Fsp3) is 0.200. The Morgan fingerprint density at radius 2 is 1.70 bits per heavy atom. The highest BCUT2D eigenvalue weighted by atomic mass is 16.2. The second-order valence-electron chi connectivity index (χ2n) is 6.31. The van der Waals surface area contributed by atoms with Crippen LogP contribution in [-0.4, -0.2) is 26.6 Å². The molecule has 1 atom stereocenters. The van der Waals surface area contributed by atoms with Crippen LogP contribution in [0, 0.1) is 13.8 Å². The molecule has 0 saturated heterocycles. The lowest BCUT2D eigenvalue weighted by Crippen LogP contribution is -2.25. The molecular formula is C20H21N5O2. The van der Waals surface area contributed by atoms with E-state index in [1.54, 1.807) is 31.2 Å². The predicted octanol–water partition coefficient (Wildman–Crippen LogP) is 3.35. The first-order valence-electron chi connectivity index (χ1n) is 8.59. The van der Waals surface area contributed by atoms with Crippen LogP contribution in [0.2, 0.25) is 0 Å². The van der Waals surface area contributed by atoms with E-state index in [-0.39, 0.29) is 11.8 Å². The summed E-state index contributed by atoms with van der Waals surface area (Å²) in [6.45, 7) is 5.59. The molecule has 2 N–H and O–H groups in total. The second kappa shape index (κ2) is 7.82. The number of nitrogens with zero attached hydrogens (tertiary/aromatic N) is 3. The quantitative estimate of drug-likeness (QED) is 0.727. The summed E-state index contributed by atoms with van der Waals surface area (Å²) in [6, 6.07) is 12.2. The number of aromatic nitrogens is 3. The summed E-state index contributed by atoms with van der Waals surface area (Å²) >= 11 is 0. The van der Waals surface area contributed by atoms with Crippen molar-refractivity contribution in [2.24, 2.45) is 0 Å². The van der Waals surface area contributed by atoms with Crippen LogP contribution in [0.15, 0.2) is 55.1 Å². The highest BCUT2D eigenvalue weighted by molar-refractivity contribution is 6.10. The molecule has 7 heteroatoms. The Bertz CT molecular complexity index is 946. The third kappa shape index (κ3) is 4.03. The molecule has 0 aliphatic carbocycles. The van der Waals surface area contributed by atoms with Gasteiger partial charge in [-0.2, -0.15) is 5.10 Å². The van der Waals surface area contributed by atoms with Crippen LogP contribution in [0.4, 0.5) is 11.4 Å². The number of hydrogen-bond donors (Lipinski definition) is 2. The molecule has 1 aromatic heterocycles. The van der Waals surface area contributed by atoms with E-state index in [4.69, 9.17) is 0 Å². The summed E-state index contributed by atoms with van der Waals surface area (Å²) in [5, 5.41) is 9.73. The van der Waals surface area contributed by atoms with Crippen molar-refractivity contribution in [2.45, 2.75) is 26.8 Å². The third-order valence-electron chi connectivity index (χ3n) is 4.36. The van der Waals surface area contributed by atoms with Crippen LogP contribution in [0.3, 0.4) is 0 Å². The maximum Gasteiger partial charge on any atom is 0.257 e. The Balaban J connectivity index is 1.81. The molecule has 138 valence electrons. The van der Waals surface area contributed by atoms with Gasteiger partial charge in [-0.05, 0) is 44.0 Å². The standard InChI is InChI=1S/C20H21N5O2/c1-13-7-6-8-14(2)18(13)24-20(27)16-9-4-5-10-17(16)23-19(26)15(3)25-12-21-11-22-25/h4-12,15H,1-3H3,(H,23,26)(H,24,27)/t15-/m1/s1.